The van der Waals surface area contributed by atoms with Gasteiger partial charge in [0.2, 0.25) is 10.0 Å². The summed E-state index contributed by atoms with van der Waals surface area (Å²) in [6.07, 6.45) is 1.16. The van der Waals surface area contributed by atoms with Gasteiger partial charge in [-0.25, -0.2) is 8.42 Å². The number of hydrogen-bond acceptors (Lipinski definition) is 6. The van der Waals surface area contributed by atoms with E-state index in [2.05, 4.69) is 0 Å². The molecule has 10 heteroatoms. The quantitative estimate of drug-likeness (QED) is 0.642. The number of nitrogens with two attached hydrogens (primary N) is 1. The van der Waals surface area contributed by atoms with Crippen LogP contribution in [0, 0.1) is 10.1 Å². The predicted octanol–water partition coefficient (Wildman–Crippen LogP) is 1.14. The summed E-state index contributed by atoms with van der Waals surface area (Å²) < 4.78 is 31.2. The highest BCUT2D eigenvalue weighted by molar-refractivity contribution is 7.89. The minimum absolute atomic E-state index is 0. The fourth-order valence-electron chi connectivity index (χ4n) is 2.24. The number of nitro groups is 1. The molecule has 1 aliphatic rings. The van der Waals surface area contributed by atoms with E-state index in [0.29, 0.717) is 25.9 Å². The maximum Gasteiger partial charge on any atom is 0.312 e. The number of methoxy groups -OCH3 is 1. The van der Waals surface area contributed by atoms with Crippen LogP contribution in [0.3, 0.4) is 0 Å². The Morgan fingerprint density at radius 1 is 1.36 bits per heavy atom. The van der Waals surface area contributed by atoms with Gasteiger partial charge in [-0.2, -0.15) is 4.31 Å². The number of nitrogens with zero attached hydrogens (tertiary/aromatic N) is 2. The molecule has 1 aromatic rings. The van der Waals surface area contributed by atoms with Crippen molar-refractivity contribution >= 4 is 28.1 Å². The van der Waals surface area contributed by atoms with Crippen molar-refractivity contribution in [2.75, 3.05) is 20.2 Å². The van der Waals surface area contributed by atoms with Crippen LogP contribution in [0.2, 0.25) is 0 Å². The smallest absolute Gasteiger partial charge is 0.312 e. The van der Waals surface area contributed by atoms with E-state index in [1.807, 2.05) is 0 Å². The van der Waals surface area contributed by atoms with Crippen molar-refractivity contribution in [1.82, 2.24) is 4.31 Å². The molecule has 2 rings (SSSR count). The topological polar surface area (TPSA) is 116 Å². The van der Waals surface area contributed by atoms with Crippen molar-refractivity contribution in [1.29, 1.82) is 0 Å². The van der Waals surface area contributed by atoms with Gasteiger partial charge in [-0.15, -0.1) is 12.4 Å². The van der Waals surface area contributed by atoms with Gasteiger partial charge in [0.15, 0.2) is 5.75 Å². The zero-order valence-corrected chi connectivity index (χ0v) is 13.6. The average molecular weight is 352 g/mol. The minimum atomic E-state index is -3.75. The second-order valence-electron chi connectivity index (χ2n) is 4.83. The van der Waals surface area contributed by atoms with Gasteiger partial charge in [0.25, 0.3) is 0 Å². The van der Waals surface area contributed by atoms with E-state index in [1.54, 1.807) is 0 Å². The van der Waals surface area contributed by atoms with Gasteiger partial charge in [0.1, 0.15) is 0 Å². The van der Waals surface area contributed by atoms with E-state index in [-0.39, 0.29) is 34.8 Å². The van der Waals surface area contributed by atoms with Gasteiger partial charge in [-0.3, -0.25) is 10.1 Å². The van der Waals surface area contributed by atoms with Crippen molar-refractivity contribution < 1.29 is 18.1 Å². The molecular weight excluding hydrogens is 334 g/mol. The Hall–Kier alpha value is -1.42. The van der Waals surface area contributed by atoms with Crippen LogP contribution in [0.25, 0.3) is 0 Å². The maximum absolute atomic E-state index is 12.5. The molecule has 22 heavy (non-hydrogen) atoms. The molecule has 0 radical (unpaired) electrons. The van der Waals surface area contributed by atoms with E-state index in [4.69, 9.17) is 10.5 Å². The summed E-state index contributed by atoms with van der Waals surface area (Å²) in [6.45, 7) is 0.645. The molecular formula is C12H18ClN3O5S. The molecule has 1 aliphatic heterocycles. The summed E-state index contributed by atoms with van der Waals surface area (Å²) in [4.78, 5) is 10.2. The lowest BCUT2D eigenvalue weighted by Crippen LogP contribution is -2.42. The molecule has 1 heterocycles. The number of rotatable bonds is 4. The molecule has 1 fully saturated rings. The van der Waals surface area contributed by atoms with Crippen molar-refractivity contribution in [3.05, 3.63) is 28.3 Å². The van der Waals surface area contributed by atoms with Gasteiger partial charge in [0.05, 0.1) is 16.9 Å². The summed E-state index contributed by atoms with van der Waals surface area (Å²) in [5, 5.41) is 11.0. The lowest BCUT2D eigenvalue weighted by atomic mass is 10.1. The van der Waals surface area contributed by atoms with Crippen LogP contribution >= 0.6 is 12.4 Å². The third-order valence-corrected chi connectivity index (χ3v) is 5.38. The number of benzene rings is 1. The highest BCUT2D eigenvalue weighted by atomic mass is 35.5. The minimum Gasteiger partial charge on any atom is -0.490 e. The Labute approximate surface area is 134 Å². The first-order chi connectivity index (χ1) is 9.86. The molecule has 124 valence electrons. The summed E-state index contributed by atoms with van der Waals surface area (Å²) in [7, 11) is -2.45. The molecule has 0 spiro atoms. The summed E-state index contributed by atoms with van der Waals surface area (Å²) in [6, 6.07) is 3.64. The van der Waals surface area contributed by atoms with E-state index in [1.165, 1.54) is 23.5 Å². The van der Waals surface area contributed by atoms with Crippen LogP contribution < -0.4 is 10.5 Å². The number of ether oxygens (including phenoxy) is 1. The zero-order valence-electron chi connectivity index (χ0n) is 12.0. The molecule has 0 bridgehead atoms. The van der Waals surface area contributed by atoms with Crippen molar-refractivity contribution in [2.45, 2.75) is 23.8 Å². The van der Waals surface area contributed by atoms with E-state index in [0.717, 1.165) is 6.07 Å². The van der Waals surface area contributed by atoms with Gasteiger partial charge >= 0.3 is 5.69 Å². The Balaban J connectivity index is 0.00000242. The van der Waals surface area contributed by atoms with Gasteiger partial charge < -0.3 is 10.5 Å². The SMILES string of the molecule is COc1ccc(S(=O)(=O)N2CCC(N)CC2)cc1[N+](=O)[O-].Cl. The molecule has 1 saturated heterocycles. The standard InChI is InChI=1S/C12H17N3O5S.ClH/c1-20-12-3-2-10(8-11(12)15(16)17)21(18,19)14-6-4-9(13)5-7-14;/h2-3,8-9H,4-7,13H2,1H3;1H. The molecule has 0 aromatic heterocycles. The lowest BCUT2D eigenvalue weighted by Gasteiger charge is -2.29. The van der Waals surface area contributed by atoms with Crippen molar-refractivity contribution in [3.8, 4) is 5.75 Å². The predicted molar refractivity (Wildman–Crippen MR) is 82.9 cm³/mol. The molecule has 0 unspecified atom stereocenters. The fraction of sp³-hybridized carbons (Fsp3) is 0.500. The molecule has 0 saturated carbocycles. The Kier molecular flexibility index (Phi) is 6.12. The van der Waals surface area contributed by atoms with Crippen LogP contribution in [0.15, 0.2) is 23.1 Å². The van der Waals surface area contributed by atoms with Crippen LogP contribution in [0.4, 0.5) is 5.69 Å². The van der Waals surface area contributed by atoms with Crippen LogP contribution in [0.5, 0.6) is 5.75 Å². The molecule has 2 N–H and O–H groups in total. The highest BCUT2D eigenvalue weighted by Crippen LogP contribution is 2.31. The first-order valence-corrected chi connectivity index (χ1v) is 7.88. The van der Waals surface area contributed by atoms with Crippen molar-refractivity contribution in [2.24, 2.45) is 5.73 Å². The zero-order chi connectivity index (χ0) is 15.6. The summed E-state index contributed by atoms with van der Waals surface area (Å²) in [5.74, 6) is 0.0274. The largest absolute Gasteiger partial charge is 0.490 e. The molecule has 0 atom stereocenters. The number of nitro benzene ring substituents is 1. The molecule has 1 aromatic carbocycles. The maximum atomic E-state index is 12.5. The third kappa shape index (κ3) is 3.67. The van der Waals surface area contributed by atoms with Crippen molar-refractivity contribution in [3.63, 3.8) is 0 Å². The Morgan fingerprint density at radius 2 is 1.95 bits per heavy atom. The van der Waals surface area contributed by atoms with Crippen LogP contribution in [-0.2, 0) is 10.0 Å². The lowest BCUT2D eigenvalue weighted by molar-refractivity contribution is -0.386. The molecule has 8 nitrogen and oxygen atoms in total. The summed E-state index contributed by atoms with van der Waals surface area (Å²) >= 11 is 0. The number of hydrogen-bond donors (Lipinski definition) is 1. The van der Waals surface area contributed by atoms with E-state index < -0.39 is 14.9 Å². The second-order valence-corrected chi connectivity index (χ2v) is 6.77. The van der Waals surface area contributed by atoms with Gasteiger partial charge in [0, 0.05) is 25.2 Å². The van der Waals surface area contributed by atoms with E-state index in [9.17, 15) is 18.5 Å². The Morgan fingerprint density at radius 3 is 2.45 bits per heavy atom. The monoisotopic (exact) mass is 351 g/mol. The number of sulfonamides is 1. The third-order valence-electron chi connectivity index (χ3n) is 3.48. The van der Waals surface area contributed by atoms with Crippen LogP contribution in [0.1, 0.15) is 12.8 Å². The normalized spacial score (nSPS) is 16.8. The van der Waals surface area contributed by atoms with Gasteiger partial charge in [-0.05, 0) is 25.0 Å². The summed E-state index contributed by atoms with van der Waals surface area (Å²) in [5.41, 5.74) is 5.39. The highest BCUT2D eigenvalue weighted by Gasteiger charge is 2.30. The second kappa shape index (κ2) is 7.23. The first-order valence-electron chi connectivity index (χ1n) is 6.44. The van der Waals surface area contributed by atoms with Gasteiger partial charge in [-0.1, -0.05) is 0 Å². The Bertz CT molecular complexity index is 644. The molecule has 0 amide bonds. The number of halogens is 1. The first kappa shape index (κ1) is 18.6. The number of piperidine rings is 1. The average Bonchev–Trinajstić information content (AvgIpc) is 2.46. The fourth-order valence-corrected chi connectivity index (χ4v) is 3.73. The van der Waals surface area contributed by atoms with Crippen LogP contribution in [-0.4, -0.2) is 43.9 Å². The van der Waals surface area contributed by atoms with E-state index >= 15 is 0 Å². The molecule has 0 aliphatic carbocycles.